The summed E-state index contributed by atoms with van der Waals surface area (Å²) in [6.07, 6.45) is 2.66. The second kappa shape index (κ2) is 5.86. The highest BCUT2D eigenvalue weighted by atomic mass is 15.2. The molecule has 1 fully saturated rings. The predicted octanol–water partition coefficient (Wildman–Crippen LogP) is 2.49. The van der Waals surface area contributed by atoms with Crippen LogP contribution in [-0.4, -0.2) is 36.1 Å². The van der Waals surface area contributed by atoms with Crippen LogP contribution in [0.1, 0.15) is 47.5 Å². The van der Waals surface area contributed by atoms with E-state index in [1.165, 1.54) is 25.9 Å². The first-order valence-corrected chi connectivity index (χ1v) is 6.51. The van der Waals surface area contributed by atoms with Crippen LogP contribution in [0.5, 0.6) is 0 Å². The molecule has 0 aromatic heterocycles. The normalized spacial score (nSPS) is 27.2. The molecule has 0 aliphatic carbocycles. The fourth-order valence-corrected chi connectivity index (χ4v) is 2.69. The molecule has 1 rings (SSSR count). The first-order valence-electron chi connectivity index (χ1n) is 6.51. The minimum absolute atomic E-state index is 0.668. The van der Waals surface area contributed by atoms with Gasteiger partial charge in [-0.2, -0.15) is 0 Å². The van der Waals surface area contributed by atoms with Crippen LogP contribution in [0, 0.1) is 5.92 Å². The van der Waals surface area contributed by atoms with Crippen LogP contribution in [0.4, 0.5) is 0 Å². The van der Waals surface area contributed by atoms with E-state index in [1.54, 1.807) is 0 Å². The van der Waals surface area contributed by atoms with Gasteiger partial charge in [-0.05, 0) is 53.0 Å². The van der Waals surface area contributed by atoms with E-state index < -0.39 is 0 Å². The topological polar surface area (TPSA) is 15.3 Å². The Bertz CT molecular complexity index is 169. The monoisotopic (exact) mass is 212 g/mol. The summed E-state index contributed by atoms with van der Waals surface area (Å²) in [7, 11) is 0. The fraction of sp³-hybridized carbons (Fsp3) is 1.00. The van der Waals surface area contributed by atoms with Crippen LogP contribution in [0.15, 0.2) is 0 Å². The van der Waals surface area contributed by atoms with Gasteiger partial charge < -0.3 is 5.32 Å². The standard InChI is InChI=1S/C13H28N2/c1-10(2)15(11(3)4)9-7-13-12(5)6-8-14-13/h10-14H,6-9H2,1-5H3. The maximum Gasteiger partial charge on any atom is 0.0105 e. The molecule has 2 heteroatoms. The Morgan fingerprint density at radius 3 is 2.20 bits per heavy atom. The van der Waals surface area contributed by atoms with E-state index in [0.717, 1.165) is 12.0 Å². The van der Waals surface area contributed by atoms with Crippen molar-refractivity contribution >= 4 is 0 Å². The van der Waals surface area contributed by atoms with Gasteiger partial charge in [0.2, 0.25) is 0 Å². The van der Waals surface area contributed by atoms with Crippen molar-refractivity contribution in [2.45, 2.75) is 65.6 Å². The first kappa shape index (κ1) is 13.0. The zero-order valence-electron chi connectivity index (χ0n) is 11.1. The van der Waals surface area contributed by atoms with Crippen molar-refractivity contribution in [1.82, 2.24) is 10.2 Å². The summed E-state index contributed by atoms with van der Waals surface area (Å²) in [5.74, 6) is 0.867. The minimum Gasteiger partial charge on any atom is -0.314 e. The van der Waals surface area contributed by atoms with Crippen LogP contribution in [0.2, 0.25) is 0 Å². The lowest BCUT2D eigenvalue weighted by Gasteiger charge is -2.32. The van der Waals surface area contributed by atoms with Gasteiger partial charge in [0.1, 0.15) is 0 Å². The largest absolute Gasteiger partial charge is 0.314 e. The average molecular weight is 212 g/mol. The van der Waals surface area contributed by atoms with Gasteiger partial charge >= 0.3 is 0 Å². The molecule has 90 valence electrons. The molecule has 0 saturated carbocycles. The van der Waals surface area contributed by atoms with Crippen LogP contribution in [0.3, 0.4) is 0 Å². The van der Waals surface area contributed by atoms with E-state index >= 15 is 0 Å². The Morgan fingerprint density at radius 2 is 1.80 bits per heavy atom. The molecular weight excluding hydrogens is 184 g/mol. The van der Waals surface area contributed by atoms with Crippen molar-refractivity contribution in [1.29, 1.82) is 0 Å². The minimum atomic E-state index is 0.668. The summed E-state index contributed by atoms with van der Waals surface area (Å²) in [5, 5.41) is 3.61. The Labute approximate surface area is 95.4 Å². The molecule has 0 aromatic rings. The second-order valence-corrected chi connectivity index (χ2v) is 5.54. The van der Waals surface area contributed by atoms with Crippen molar-refractivity contribution < 1.29 is 0 Å². The second-order valence-electron chi connectivity index (χ2n) is 5.54. The third-order valence-corrected chi connectivity index (χ3v) is 3.72. The van der Waals surface area contributed by atoms with Crippen molar-refractivity contribution in [2.75, 3.05) is 13.1 Å². The zero-order valence-corrected chi connectivity index (χ0v) is 11.1. The molecule has 2 nitrogen and oxygen atoms in total. The smallest absolute Gasteiger partial charge is 0.0105 e. The molecule has 1 aliphatic rings. The van der Waals surface area contributed by atoms with Crippen LogP contribution >= 0.6 is 0 Å². The highest BCUT2D eigenvalue weighted by Gasteiger charge is 2.23. The summed E-state index contributed by atoms with van der Waals surface area (Å²) in [6.45, 7) is 14.0. The van der Waals surface area contributed by atoms with Crippen molar-refractivity contribution in [2.24, 2.45) is 5.92 Å². The lowest BCUT2D eigenvalue weighted by Crippen LogP contribution is -2.40. The highest BCUT2D eigenvalue weighted by molar-refractivity contribution is 4.82. The molecule has 0 bridgehead atoms. The Hall–Kier alpha value is -0.0800. The van der Waals surface area contributed by atoms with Gasteiger partial charge in [-0.3, -0.25) is 4.90 Å². The van der Waals surface area contributed by atoms with Crippen molar-refractivity contribution in [3.8, 4) is 0 Å². The van der Waals surface area contributed by atoms with Crippen LogP contribution in [-0.2, 0) is 0 Å². The molecule has 0 amide bonds. The van der Waals surface area contributed by atoms with Crippen molar-refractivity contribution in [3.05, 3.63) is 0 Å². The van der Waals surface area contributed by atoms with E-state index in [9.17, 15) is 0 Å². The molecule has 2 unspecified atom stereocenters. The highest BCUT2D eigenvalue weighted by Crippen LogP contribution is 2.18. The van der Waals surface area contributed by atoms with Gasteiger partial charge in [0, 0.05) is 24.7 Å². The SMILES string of the molecule is CC1CCNC1CCN(C(C)C)C(C)C. The quantitative estimate of drug-likeness (QED) is 0.753. The Kier molecular flexibility index (Phi) is 5.07. The van der Waals surface area contributed by atoms with E-state index in [2.05, 4.69) is 44.8 Å². The summed E-state index contributed by atoms with van der Waals surface area (Å²) in [6, 6.07) is 2.09. The molecule has 1 heterocycles. The van der Waals surface area contributed by atoms with E-state index in [-0.39, 0.29) is 0 Å². The molecular formula is C13H28N2. The molecule has 1 N–H and O–H groups in total. The zero-order chi connectivity index (χ0) is 11.4. The molecule has 0 radical (unpaired) electrons. The lowest BCUT2D eigenvalue weighted by atomic mass is 10.00. The number of rotatable bonds is 5. The third-order valence-electron chi connectivity index (χ3n) is 3.72. The fourth-order valence-electron chi connectivity index (χ4n) is 2.69. The van der Waals surface area contributed by atoms with E-state index in [1.807, 2.05) is 0 Å². The van der Waals surface area contributed by atoms with E-state index in [0.29, 0.717) is 12.1 Å². The average Bonchev–Trinajstić information content (AvgIpc) is 2.51. The van der Waals surface area contributed by atoms with Crippen LogP contribution < -0.4 is 5.32 Å². The number of hydrogen-bond acceptors (Lipinski definition) is 2. The van der Waals surface area contributed by atoms with Gasteiger partial charge in [-0.1, -0.05) is 6.92 Å². The number of hydrogen-bond donors (Lipinski definition) is 1. The Morgan fingerprint density at radius 1 is 1.20 bits per heavy atom. The van der Waals surface area contributed by atoms with Gasteiger partial charge in [0.05, 0.1) is 0 Å². The van der Waals surface area contributed by atoms with Gasteiger partial charge in [0.25, 0.3) is 0 Å². The molecule has 1 saturated heterocycles. The molecule has 1 aliphatic heterocycles. The summed E-state index contributed by atoms with van der Waals surface area (Å²) in [4.78, 5) is 2.59. The maximum atomic E-state index is 3.61. The van der Waals surface area contributed by atoms with Gasteiger partial charge in [0.15, 0.2) is 0 Å². The molecule has 2 atom stereocenters. The number of nitrogens with one attached hydrogen (secondary N) is 1. The summed E-state index contributed by atoms with van der Waals surface area (Å²) >= 11 is 0. The molecule has 15 heavy (non-hydrogen) atoms. The Balaban J connectivity index is 2.33. The first-order chi connectivity index (χ1) is 7.02. The lowest BCUT2D eigenvalue weighted by molar-refractivity contribution is 0.164. The van der Waals surface area contributed by atoms with Crippen LogP contribution in [0.25, 0.3) is 0 Å². The summed E-state index contributed by atoms with van der Waals surface area (Å²) in [5.41, 5.74) is 0. The summed E-state index contributed by atoms with van der Waals surface area (Å²) < 4.78 is 0. The van der Waals surface area contributed by atoms with E-state index in [4.69, 9.17) is 0 Å². The third kappa shape index (κ3) is 3.76. The molecule has 0 spiro atoms. The van der Waals surface area contributed by atoms with Gasteiger partial charge in [-0.15, -0.1) is 0 Å². The van der Waals surface area contributed by atoms with Crippen molar-refractivity contribution in [3.63, 3.8) is 0 Å². The number of nitrogens with zero attached hydrogens (tertiary/aromatic N) is 1. The predicted molar refractivity (Wildman–Crippen MR) is 67.2 cm³/mol. The maximum absolute atomic E-state index is 3.61. The molecule has 0 aromatic carbocycles. The van der Waals surface area contributed by atoms with Gasteiger partial charge in [-0.25, -0.2) is 0 Å².